The van der Waals surface area contributed by atoms with Crippen molar-refractivity contribution in [3.05, 3.63) is 262 Å². The van der Waals surface area contributed by atoms with Crippen LogP contribution in [0.1, 0.15) is 182 Å². The van der Waals surface area contributed by atoms with E-state index in [0.29, 0.717) is 129 Å². The van der Waals surface area contributed by atoms with Crippen molar-refractivity contribution in [2.75, 3.05) is 131 Å². The Bertz CT molecular complexity index is 5470. The molecule has 0 spiro atoms. The molecule has 2 aliphatic heterocycles. The molecule has 11 aromatic rings. The molecule has 22 nitrogen and oxygen atoms in total. The summed E-state index contributed by atoms with van der Waals surface area (Å²) < 4.78 is 58.7. The number of methoxy groups -OCH3 is 4. The summed E-state index contributed by atoms with van der Waals surface area (Å²) in [4.78, 5) is 51.2. The number of aliphatic hydroxyl groups is 2. The monoisotopic (exact) mass is 1780 g/mol. The summed E-state index contributed by atoms with van der Waals surface area (Å²) >= 11 is 0. The largest absolute Gasteiger partial charge is 0.497 e. The van der Waals surface area contributed by atoms with Gasteiger partial charge < -0.3 is 88.0 Å². The summed E-state index contributed by atoms with van der Waals surface area (Å²) in [5.41, 5.74) is 16.7. The van der Waals surface area contributed by atoms with Crippen molar-refractivity contribution >= 4 is 92.3 Å². The smallest absolute Gasteiger partial charge is 0.251 e. The molecule has 2 amide bonds. The average Bonchev–Trinajstić information content (AvgIpc) is 1.61. The van der Waals surface area contributed by atoms with E-state index in [-0.39, 0.29) is 64.5 Å². The molecule has 0 unspecified atom stereocenters. The second-order valence-electron chi connectivity index (χ2n) is 32.0. The Hall–Kier alpha value is -13.4. The molecule has 8 bridgehead atoms. The number of hydrogen-bond donors (Lipinski definition) is 6. The normalized spacial score (nSPS) is 11.3. The highest BCUT2D eigenvalue weighted by Gasteiger charge is 2.23. The third-order valence-corrected chi connectivity index (χ3v) is 22.8. The van der Waals surface area contributed by atoms with Gasteiger partial charge in [0.1, 0.15) is 34.5 Å². The van der Waals surface area contributed by atoms with Crippen LogP contribution in [0.4, 0.5) is 34.1 Å². The average molecular weight is 1780 g/mol. The molecule has 0 aliphatic carbocycles. The zero-order valence-electron chi connectivity index (χ0n) is 76.7. The molecule has 2 aliphatic rings. The molecule has 0 atom stereocenters. The number of benzene rings is 8. The molecule has 132 heavy (non-hydrogen) atoms. The summed E-state index contributed by atoms with van der Waals surface area (Å²) in [6.45, 7) is 8.10. The summed E-state index contributed by atoms with van der Waals surface area (Å²) in [7, 11) is 6.65. The van der Waals surface area contributed by atoms with Gasteiger partial charge in [0.15, 0.2) is 0 Å². The predicted octanol–water partition coefficient (Wildman–Crippen LogP) is 22.3. The zero-order valence-corrected chi connectivity index (χ0v) is 76.7. The SMILES string of the molecule is CCCCCCCCCCOc1cc(N(c2ccc(OC)cc2)c2ccc(OC)cc2)ccc1C#Cc1c2nc(c(-c3ccc(C(=O)NCCOCCOCCO)cc3)c3ccc([nH]3)c(C#Cc3ccc(N(c4ccc(OC)cc4)c4ccc(OC)cc4)cc3OCCCCCCCCCC)c3nc(c(-c4ccc(C(=O)NCCOCCOCCO)cc4)c4ccc1[nH]4)C=C3)C=C2. The van der Waals surface area contributed by atoms with Gasteiger partial charge in [0.25, 0.3) is 11.8 Å². The number of fused-ring (bicyclic) bond motifs is 8. The highest BCUT2D eigenvalue weighted by molar-refractivity contribution is 5.99. The number of anilines is 6. The standard InChI is InChI=1S/C110H122N8O14/c1-7-9-11-13-15-17-19-21-67-131-105-77-89(117(85-37-45-91(123-3)46-38-85)86-39-47-92(124-4)48-40-86)35-31-79(105)33-53-95-97-55-59-101(113-97)107(81-23-27-83(28-24-81)109(121)111-63-69-127-73-75-129-71-65-119)103-61-57-99(115-103)96(100-58-62-104(116-100)108(102-60-56-98(95)114-102)82-25-29-84(30-26-82)110(122)112-64-70-128-74-76-130-72-66-120)54-34-80-32-36-90(78-106(80)132-68-22-20-18-16-14-12-10-8-2)118(87-41-49-93(125-5)50-42-87)88-43-51-94(126-6)52-44-88/h23-32,35-52,55-62,77-78,113,116,119-120H,7-22,63-76H2,1-6H3,(H,111,121)(H,112,122). The van der Waals surface area contributed by atoms with Crippen LogP contribution in [0.3, 0.4) is 0 Å². The maximum absolute atomic E-state index is 13.9. The van der Waals surface area contributed by atoms with E-state index in [9.17, 15) is 9.59 Å². The highest BCUT2D eigenvalue weighted by Crippen LogP contribution is 2.43. The lowest BCUT2D eigenvalue weighted by Crippen LogP contribution is -2.27. The van der Waals surface area contributed by atoms with Crippen molar-refractivity contribution in [3.63, 3.8) is 0 Å². The lowest BCUT2D eigenvalue weighted by Gasteiger charge is -2.26. The van der Waals surface area contributed by atoms with Gasteiger partial charge in [-0.1, -0.05) is 152 Å². The maximum Gasteiger partial charge on any atom is 0.251 e. The Morgan fingerprint density at radius 2 is 0.644 bits per heavy atom. The molecular weight excluding hydrogens is 1660 g/mol. The van der Waals surface area contributed by atoms with Crippen molar-refractivity contribution in [3.8, 4) is 80.4 Å². The third-order valence-electron chi connectivity index (χ3n) is 22.8. The van der Waals surface area contributed by atoms with Crippen LogP contribution in [-0.2, 0) is 18.9 Å². The number of hydrogen-bond acceptors (Lipinski definition) is 18. The number of aromatic amines is 2. The minimum absolute atomic E-state index is 0.0744. The summed E-state index contributed by atoms with van der Waals surface area (Å²) in [6.07, 6.45) is 26.2. The van der Waals surface area contributed by atoms with Gasteiger partial charge >= 0.3 is 0 Å². The Morgan fingerprint density at radius 1 is 0.333 bits per heavy atom. The van der Waals surface area contributed by atoms with E-state index in [1.807, 2.05) is 206 Å². The number of aliphatic hydroxyl groups excluding tert-OH is 2. The second kappa shape index (κ2) is 51.3. The van der Waals surface area contributed by atoms with Crippen LogP contribution >= 0.6 is 0 Å². The Kier molecular flexibility index (Phi) is 37.3. The van der Waals surface area contributed by atoms with E-state index in [2.05, 4.69) is 92.2 Å². The van der Waals surface area contributed by atoms with E-state index in [4.69, 9.17) is 67.5 Å². The second-order valence-corrected chi connectivity index (χ2v) is 32.0. The molecule has 0 radical (unpaired) electrons. The number of unbranched alkanes of at least 4 members (excludes halogenated alkanes) is 14. The molecule has 6 N–H and O–H groups in total. The van der Waals surface area contributed by atoms with E-state index in [1.54, 1.807) is 28.4 Å². The van der Waals surface area contributed by atoms with Crippen molar-refractivity contribution in [1.82, 2.24) is 30.6 Å². The van der Waals surface area contributed by atoms with Gasteiger partial charge in [-0.25, -0.2) is 9.97 Å². The molecule has 0 saturated heterocycles. The predicted molar refractivity (Wildman–Crippen MR) is 528 cm³/mol. The van der Waals surface area contributed by atoms with Crippen LogP contribution < -0.4 is 48.9 Å². The fraction of sp³-hybridized carbons (Fsp3) is 0.327. The van der Waals surface area contributed by atoms with Crippen LogP contribution in [0.2, 0.25) is 0 Å². The number of carbonyl (C=O) groups excluding carboxylic acids is 2. The molecule has 3 aromatic heterocycles. The van der Waals surface area contributed by atoms with Crippen LogP contribution in [0.5, 0.6) is 34.5 Å². The fourth-order valence-electron chi connectivity index (χ4n) is 15.8. The number of nitrogens with one attached hydrogen (secondary N) is 4. The van der Waals surface area contributed by atoms with E-state index in [0.717, 1.165) is 118 Å². The number of carbonyl (C=O) groups is 2. The lowest BCUT2D eigenvalue weighted by molar-refractivity contribution is 0.0338. The Balaban J connectivity index is 0.994. The molecule has 686 valence electrons. The Morgan fingerprint density at radius 3 is 0.977 bits per heavy atom. The molecular formula is C110H122N8O14. The lowest BCUT2D eigenvalue weighted by atomic mass is 10.0. The number of ether oxygens (including phenoxy) is 10. The number of aromatic nitrogens is 4. The van der Waals surface area contributed by atoms with Gasteiger partial charge in [0.2, 0.25) is 0 Å². The fourth-order valence-corrected chi connectivity index (χ4v) is 15.8. The molecule has 5 heterocycles. The highest BCUT2D eigenvalue weighted by atomic mass is 16.5. The molecule has 0 saturated carbocycles. The zero-order chi connectivity index (χ0) is 91.9. The number of rotatable bonds is 50. The first kappa shape index (κ1) is 96.1. The van der Waals surface area contributed by atoms with Gasteiger partial charge in [-0.3, -0.25) is 9.59 Å². The van der Waals surface area contributed by atoms with Crippen molar-refractivity contribution in [2.24, 2.45) is 0 Å². The van der Waals surface area contributed by atoms with E-state index in [1.165, 1.54) is 64.2 Å². The molecule has 8 aromatic carbocycles. The minimum Gasteiger partial charge on any atom is -0.497 e. The van der Waals surface area contributed by atoms with Gasteiger partial charge in [0.05, 0.1) is 164 Å². The van der Waals surface area contributed by atoms with E-state index >= 15 is 0 Å². The van der Waals surface area contributed by atoms with Crippen molar-refractivity contribution in [2.45, 2.75) is 117 Å². The quantitative estimate of drug-likeness (QED) is 0.0153. The molecule has 22 heteroatoms. The third kappa shape index (κ3) is 26.9. The van der Waals surface area contributed by atoms with Gasteiger partial charge in [0, 0.05) is 92.6 Å². The van der Waals surface area contributed by atoms with Crippen LogP contribution in [-0.4, -0.2) is 163 Å². The minimum atomic E-state index is -0.272. The van der Waals surface area contributed by atoms with Crippen LogP contribution in [0.15, 0.2) is 206 Å². The summed E-state index contributed by atoms with van der Waals surface area (Å²) in [6, 6.07) is 67.3. The van der Waals surface area contributed by atoms with Gasteiger partial charge in [-0.05, 0) is 218 Å². The number of amides is 2. The van der Waals surface area contributed by atoms with Crippen molar-refractivity contribution in [1.29, 1.82) is 0 Å². The van der Waals surface area contributed by atoms with Crippen LogP contribution in [0, 0.1) is 23.7 Å². The first-order valence-electron chi connectivity index (χ1n) is 46.2. The van der Waals surface area contributed by atoms with E-state index < -0.39 is 0 Å². The number of H-pyrrole nitrogens is 2. The molecule has 0 fully saturated rings. The van der Waals surface area contributed by atoms with Crippen LogP contribution in [0.25, 0.3) is 68.6 Å². The first-order valence-corrected chi connectivity index (χ1v) is 46.2. The van der Waals surface area contributed by atoms with Gasteiger partial charge in [-0.15, -0.1) is 0 Å². The number of nitrogens with zero attached hydrogens (tertiary/aromatic N) is 4. The van der Waals surface area contributed by atoms with Gasteiger partial charge in [-0.2, -0.15) is 0 Å². The Labute approximate surface area is 775 Å². The summed E-state index contributed by atoms with van der Waals surface area (Å²) in [5, 5.41) is 24.3. The summed E-state index contributed by atoms with van der Waals surface area (Å²) in [5.74, 6) is 18.3. The van der Waals surface area contributed by atoms with Crippen molar-refractivity contribution < 1.29 is 67.2 Å². The topological polar surface area (TPSA) is 255 Å². The first-order chi connectivity index (χ1) is 65.0. The maximum atomic E-state index is 13.9. The molecule has 13 rings (SSSR count).